The Labute approximate surface area is 126 Å². The molecule has 2 N–H and O–H groups in total. The molecule has 0 amide bonds. The summed E-state index contributed by atoms with van der Waals surface area (Å²) in [6, 6.07) is 5.08. The molecule has 2 rings (SSSR count). The highest BCUT2D eigenvalue weighted by molar-refractivity contribution is 5.90. The number of carbonyl (C=O) groups excluding carboxylic acids is 1. The van der Waals surface area contributed by atoms with Gasteiger partial charge >= 0.3 is 5.97 Å². The Bertz CT molecular complexity index is 479. The van der Waals surface area contributed by atoms with E-state index in [1.54, 1.807) is 18.2 Å². The zero-order chi connectivity index (χ0) is 15.2. The summed E-state index contributed by atoms with van der Waals surface area (Å²) in [4.78, 5) is 12.2. The fraction of sp³-hybridized carbons (Fsp3) is 0.588. The van der Waals surface area contributed by atoms with Gasteiger partial charge in [-0.25, -0.2) is 4.79 Å². The molecule has 0 saturated heterocycles. The molecule has 1 aromatic rings. The number of nitrogen functional groups attached to an aromatic ring is 1. The minimum Gasteiger partial charge on any atom is -0.491 e. The van der Waals surface area contributed by atoms with Crippen molar-refractivity contribution in [2.24, 2.45) is 5.92 Å². The van der Waals surface area contributed by atoms with E-state index in [2.05, 4.69) is 13.8 Å². The summed E-state index contributed by atoms with van der Waals surface area (Å²) in [5.41, 5.74) is 6.94. The van der Waals surface area contributed by atoms with Gasteiger partial charge < -0.3 is 15.2 Å². The fourth-order valence-corrected chi connectivity index (χ4v) is 2.45. The largest absolute Gasteiger partial charge is 0.491 e. The van der Waals surface area contributed by atoms with Crippen molar-refractivity contribution in [2.75, 3.05) is 12.3 Å². The smallest absolute Gasteiger partial charge is 0.338 e. The lowest BCUT2D eigenvalue weighted by Crippen LogP contribution is -2.21. The first-order valence-corrected chi connectivity index (χ1v) is 7.79. The van der Waals surface area contributed by atoms with E-state index in [1.165, 1.54) is 6.42 Å². The third-order valence-corrected chi connectivity index (χ3v) is 3.65. The third-order valence-electron chi connectivity index (χ3n) is 3.65. The summed E-state index contributed by atoms with van der Waals surface area (Å²) >= 11 is 0. The monoisotopic (exact) mass is 291 g/mol. The minimum atomic E-state index is -0.281. The number of esters is 1. The molecule has 4 nitrogen and oxygen atoms in total. The van der Waals surface area contributed by atoms with Gasteiger partial charge in [0, 0.05) is 0 Å². The van der Waals surface area contributed by atoms with Crippen molar-refractivity contribution in [2.45, 2.75) is 52.1 Å². The number of nitrogens with two attached hydrogens (primary N) is 1. The lowest BCUT2D eigenvalue weighted by molar-refractivity contribution is 0.0211. The van der Waals surface area contributed by atoms with Crippen LogP contribution in [0.25, 0.3) is 0 Å². The van der Waals surface area contributed by atoms with Crippen molar-refractivity contribution < 1.29 is 14.3 Å². The van der Waals surface area contributed by atoms with Crippen molar-refractivity contribution in [3.8, 4) is 5.75 Å². The second kappa shape index (κ2) is 7.34. The van der Waals surface area contributed by atoms with Crippen LogP contribution in [0.2, 0.25) is 0 Å². The fourth-order valence-electron chi connectivity index (χ4n) is 2.45. The molecule has 0 aromatic heterocycles. The highest BCUT2D eigenvalue weighted by atomic mass is 16.5. The molecule has 0 radical (unpaired) electrons. The molecule has 0 unspecified atom stereocenters. The van der Waals surface area contributed by atoms with E-state index in [4.69, 9.17) is 15.2 Å². The van der Waals surface area contributed by atoms with Gasteiger partial charge in [-0.15, -0.1) is 0 Å². The second-order valence-corrected chi connectivity index (χ2v) is 6.12. The van der Waals surface area contributed by atoms with Gasteiger partial charge in [0.15, 0.2) is 0 Å². The molecule has 0 atom stereocenters. The maximum atomic E-state index is 12.2. The number of ether oxygens (including phenoxy) is 2. The van der Waals surface area contributed by atoms with Crippen LogP contribution in [0.15, 0.2) is 18.2 Å². The number of hydrogen-bond acceptors (Lipinski definition) is 4. The molecule has 4 heteroatoms. The predicted molar refractivity (Wildman–Crippen MR) is 83.5 cm³/mol. The van der Waals surface area contributed by atoms with Gasteiger partial charge in [-0.3, -0.25) is 0 Å². The van der Waals surface area contributed by atoms with Crippen LogP contribution in [0.4, 0.5) is 5.69 Å². The summed E-state index contributed by atoms with van der Waals surface area (Å²) in [7, 11) is 0. The lowest BCUT2D eigenvalue weighted by atomic mass is 9.98. The van der Waals surface area contributed by atoms with E-state index in [0.717, 1.165) is 25.7 Å². The zero-order valence-corrected chi connectivity index (χ0v) is 12.9. The Kier molecular flexibility index (Phi) is 5.48. The van der Waals surface area contributed by atoms with Crippen LogP contribution >= 0.6 is 0 Å². The summed E-state index contributed by atoms with van der Waals surface area (Å²) < 4.78 is 11.2. The van der Waals surface area contributed by atoms with Gasteiger partial charge in [-0.1, -0.05) is 20.3 Å². The normalized spacial score (nSPS) is 16.0. The molecule has 1 aromatic carbocycles. The van der Waals surface area contributed by atoms with E-state index >= 15 is 0 Å². The Balaban J connectivity index is 2.01. The van der Waals surface area contributed by atoms with Crippen molar-refractivity contribution in [1.82, 2.24) is 0 Å². The van der Waals surface area contributed by atoms with E-state index in [1.807, 2.05) is 0 Å². The number of rotatable bonds is 5. The second-order valence-electron chi connectivity index (χ2n) is 6.12. The standard InChI is InChI=1S/C17H25NO3/c1-12(2)11-20-16-10-13(8-9-15(16)18)17(19)21-14-6-4-3-5-7-14/h8-10,12,14H,3-7,11,18H2,1-2H3. The van der Waals surface area contributed by atoms with Gasteiger partial charge in [0.2, 0.25) is 0 Å². The SMILES string of the molecule is CC(C)COc1cc(C(=O)OC2CCCCC2)ccc1N. The Morgan fingerprint density at radius 1 is 1.29 bits per heavy atom. The number of carbonyl (C=O) groups is 1. The van der Waals surface area contributed by atoms with Crippen molar-refractivity contribution >= 4 is 11.7 Å². The van der Waals surface area contributed by atoms with Crippen molar-refractivity contribution in [1.29, 1.82) is 0 Å². The Hall–Kier alpha value is -1.71. The van der Waals surface area contributed by atoms with Crippen molar-refractivity contribution in [3.63, 3.8) is 0 Å². The molecule has 1 aliphatic rings. The van der Waals surface area contributed by atoms with Crippen LogP contribution in [0.1, 0.15) is 56.3 Å². The molecule has 0 aliphatic heterocycles. The van der Waals surface area contributed by atoms with Gasteiger partial charge in [0.25, 0.3) is 0 Å². The van der Waals surface area contributed by atoms with Crippen LogP contribution < -0.4 is 10.5 Å². The minimum absolute atomic E-state index is 0.0591. The molecule has 1 saturated carbocycles. The topological polar surface area (TPSA) is 61.5 Å². The van der Waals surface area contributed by atoms with E-state index < -0.39 is 0 Å². The van der Waals surface area contributed by atoms with E-state index in [-0.39, 0.29) is 12.1 Å². The maximum absolute atomic E-state index is 12.2. The van der Waals surface area contributed by atoms with Gasteiger partial charge in [0.05, 0.1) is 17.9 Å². The number of benzene rings is 1. The molecule has 1 aliphatic carbocycles. The molecular weight excluding hydrogens is 266 g/mol. The van der Waals surface area contributed by atoms with Crippen LogP contribution in [0, 0.1) is 5.92 Å². The zero-order valence-electron chi connectivity index (χ0n) is 12.9. The van der Waals surface area contributed by atoms with Gasteiger partial charge in [-0.2, -0.15) is 0 Å². The molecule has 116 valence electrons. The summed E-state index contributed by atoms with van der Waals surface area (Å²) in [5, 5.41) is 0. The van der Waals surface area contributed by atoms with E-state index in [0.29, 0.717) is 29.5 Å². The molecular formula is C17H25NO3. The highest BCUT2D eigenvalue weighted by Gasteiger charge is 2.19. The first-order chi connectivity index (χ1) is 10.1. The summed E-state index contributed by atoms with van der Waals surface area (Å²) in [6.45, 7) is 4.71. The lowest BCUT2D eigenvalue weighted by Gasteiger charge is -2.22. The molecule has 0 heterocycles. The Morgan fingerprint density at radius 3 is 2.67 bits per heavy atom. The Morgan fingerprint density at radius 2 is 2.00 bits per heavy atom. The molecule has 0 spiro atoms. The molecule has 21 heavy (non-hydrogen) atoms. The van der Waals surface area contributed by atoms with Crippen molar-refractivity contribution in [3.05, 3.63) is 23.8 Å². The average Bonchev–Trinajstić information content (AvgIpc) is 2.47. The summed E-state index contributed by atoms with van der Waals surface area (Å²) in [5.74, 6) is 0.681. The van der Waals surface area contributed by atoms with Gasteiger partial charge in [0.1, 0.15) is 11.9 Å². The quantitative estimate of drug-likeness (QED) is 0.662. The number of hydrogen-bond donors (Lipinski definition) is 1. The summed E-state index contributed by atoms with van der Waals surface area (Å²) in [6.07, 6.45) is 5.52. The van der Waals surface area contributed by atoms with Crippen LogP contribution in [0.3, 0.4) is 0 Å². The first kappa shape index (κ1) is 15.7. The van der Waals surface area contributed by atoms with Crippen LogP contribution in [0.5, 0.6) is 5.75 Å². The van der Waals surface area contributed by atoms with E-state index in [9.17, 15) is 4.79 Å². The third kappa shape index (κ3) is 4.66. The number of anilines is 1. The van der Waals surface area contributed by atoms with Crippen LogP contribution in [-0.4, -0.2) is 18.7 Å². The molecule has 1 fully saturated rings. The average molecular weight is 291 g/mol. The van der Waals surface area contributed by atoms with Crippen LogP contribution in [-0.2, 0) is 4.74 Å². The predicted octanol–water partition coefficient (Wildman–Crippen LogP) is 3.79. The maximum Gasteiger partial charge on any atom is 0.338 e. The van der Waals surface area contributed by atoms with Gasteiger partial charge in [-0.05, 0) is 49.8 Å². The highest BCUT2D eigenvalue weighted by Crippen LogP contribution is 2.26. The molecule has 0 bridgehead atoms. The first-order valence-electron chi connectivity index (χ1n) is 7.79.